The number of hydrogen-bond donors (Lipinski definition) is 1. The Kier molecular flexibility index (Phi) is 4.40. The Hall–Kier alpha value is -2.95. The van der Waals surface area contributed by atoms with Crippen molar-refractivity contribution in [3.8, 4) is 5.69 Å². The molecule has 11 heteroatoms. The fourth-order valence-electron chi connectivity index (χ4n) is 2.28. The molecule has 0 saturated carbocycles. The van der Waals surface area contributed by atoms with Crippen LogP contribution in [0.25, 0.3) is 5.69 Å². The Balaban J connectivity index is 1.94. The Bertz CT molecular complexity index is 1030. The van der Waals surface area contributed by atoms with Gasteiger partial charge in [-0.2, -0.15) is 13.2 Å². The minimum Gasteiger partial charge on any atom is -0.280 e. The van der Waals surface area contributed by atoms with Gasteiger partial charge in [-0.3, -0.25) is 4.72 Å². The lowest BCUT2D eigenvalue weighted by atomic mass is 10.1. The summed E-state index contributed by atoms with van der Waals surface area (Å²) in [4.78, 5) is -0.139. The molecule has 0 aliphatic rings. The van der Waals surface area contributed by atoms with Crippen molar-refractivity contribution < 1.29 is 21.6 Å². The maximum Gasteiger partial charge on any atom is 0.416 e. The summed E-state index contributed by atoms with van der Waals surface area (Å²) < 4.78 is 67.4. The highest BCUT2D eigenvalue weighted by Crippen LogP contribution is 2.34. The smallest absolute Gasteiger partial charge is 0.280 e. The maximum atomic E-state index is 13.0. The van der Waals surface area contributed by atoms with Crippen LogP contribution in [0.4, 0.5) is 18.9 Å². The van der Waals surface area contributed by atoms with Crippen LogP contribution in [-0.4, -0.2) is 28.6 Å². The van der Waals surface area contributed by atoms with Crippen LogP contribution in [0.15, 0.2) is 53.7 Å². The van der Waals surface area contributed by atoms with Crippen LogP contribution in [0, 0.1) is 6.92 Å². The third-order valence-electron chi connectivity index (χ3n) is 3.54. The molecule has 136 valence electrons. The van der Waals surface area contributed by atoms with E-state index in [0.29, 0.717) is 5.69 Å². The van der Waals surface area contributed by atoms with E-state index in [1.165, 1.54) is 48.3 Å². The summed E-state index contributed by atoms with van der Waals surface area (Å²) in [5, 5.41) is 10.6. The molecule has 0 amide bonds. The van der Waals surface area contributed by atoms with E-state index < -0.39 is 21.8 Å². The van der Waals surface area contributed by atoms with Gasteiger partial charge in [0.05, 0.1) is 16.1 Å². The molecule has 0 spiro atoms. The SMILES string of the molecule is Cc1ccc(NS(=O)(=O)c2cccc(-n3cnnn3)c2)cc1C(F)(F)F. The van der Waals surface area contributed by atoms with Gasteiger partial charge < -0.3 is 0 Å². The highest BCUT2D eigenvalue weighted by molar-refractivity contribution is 7.92. The number of aromatic nitrogens is 4. The Morgan fingerprint density at radius 3 is 2.54 bits per heavy atom. The largest absolute Gasteiger partial charge is 0.416 e. The standard InChI is InChI=1S/C15H12F3N5O2S/c1-10-5-6-11(7-14(10)15(16,17)18)20-26(24,25)13-4-2-3-12(8-13)23-9-19-21-22-23/h2-9,20H,1H3. The minimum atomic E-state index is -4.58. The van der Waals surface area contributed by atoms with Gasteiger partial charge in [0.1, 0.15) is 6.33 Å². The quantitative estimate of drug-likeness (QED) is 0.748. The summed E-state index contributed by atoms with van der Waals surface area (Å²) in [6.07, 6.45) is -3.29. The first-order chi connectivity index (χ1) is 12.2. The second kappa shape index (κ2) is 6.41. The number of halogens is 3. The molecule has 0 bridgehead atoms. The summed E-state index contributed by atoms with van der Waals surface area (Å²) in [5.74, 6) is 0. The number of nitrogens with zero attached hydrogens (tertiary/aromatic N) is 4. The normalized spacial score (nSPS) is 12.2. The number of benzene rings is 2. The van der Waals surface area contributed by atoms with Gasteiger partial charge in [0.15, 0.2) is 0 Å². The van der Waals surface area contributed by atoms with E-state index in [1.807, 2.05) is 0 Å². The first-order valence-electron chi connectivity index (χ1n) is 7.21. The Labute approximate surface area is 146 Å². The Morgan fingerprint density at radius 1 is 1.12 bits per heavy atom. The van der Waals surface area contributed by atoms with Crippen molar-refractivity contribution in [2.75, 3.05) is 4.72 Å². The van der Waals surface area contributed by atoms with Gasteiger partial charge in [-0.15, -0.1) is 5.10 Å². The molecule has 0 saturated heterocycles. The van der Waals surface area contributed by atoms with Crippen LogP contribution >= 0.6 is 0 Å². The molecule has 3 aromatic rings. The van der Waals surface area contributed by atoms with Gasteiger partial charge in [0.25, 0.3) is 10.0 Å². The van der Waals surface area contributed by atoms with Crippen molar-refractivity contribution in [2.24, 2.45) is 0 Å². The zero-order chi connectivity index (χ0) is 18.9. The molecule has 1 aromatic heterocycles. The van der Waals surface area contributed by atoms with E-state index in [1.54, 1.807) is 6.07 Å². The Morgan fingerprint density at radius 2 is 1.88 bits per heavy atom. The zero-order valence-corrected chi connectivity index (χ0v) is 14.1. The highest BCUT2D eigenvalue weighted by Gasteiger charge is 2.32. The number of tetrazole rings is 1. The lowest BCUT2D eigenvalue weighted by Gasteiger charge is -2.14. The van der Waals surface area contributed by atoms with Crippen LogP contribution in [0.5, 0.6) is 0 Å². The number of nitrogens with one attached hydrogen (secondary N) is 1. The summed E-state index contributed by atoms with van der Waals surface area (Å²) in [5.41, 5.74) is -0.699. The summed E-state index contributed by atoms with van der Waals surface area (Å²) in [6, 6.07) is 8.92. The molecule has 2 aromatic carbocycles. The molecule has 3 rings (SSSR count). The van der Waals surface area contributed by atoms with E-state index in [-0.39, 0.29) is 16.1 Å². The number of hydrogen-bond acceptors (Lipinski definition) is 5. The predicted octanol–water partition coefficient (Wildman–Crippen LogP) is 2.79. The molecule has 1 N–H and O–H groups in total. The zero-order valence-electron chi connectivity index (χ0n) is 13.3. The van der Waals surface area contributed by atoms with Crippen molar-refractivity contribution >= 4 is 15.7 Å². The van der Waals surface area contributed by atoms with Gasteiger partial charge in [-0.1, -0.05) is 12.1 Å². The van der Waals surface area contributed by atoms with Crippen LogP contribution in [0.1, 0.15) is 11.1 Å². The molecule has 0 fully saturated rings. The van der Waals surface area contributed by atoms with Crippen molar-refractivity contribution in [3.05, 3.63) is 59.9 Å². The van der Waals surface area contributed by atoms with Crippen LogP contribution in [-0.2, 0) is 16.2 Å². The first kappa shape index (κ1) is 17.9. The average molecular weight is 383 g/mol. The van der Waals surface area contributed by atoms with E-state index in [2.05, 4.69) is 20.2 Å². The molecular formula is C15H12F3N5O2S. The second-order valence-corrected chi connectivity index (χ2v) is 7.07. The fourth-order valence-corrected chi connectivity index (χ4v) is 3.37. The number of sulfonamides is 1. The molecule has 26 heavy (non-hydrogen) atoms. The fraction of sp³-hybridized carbons (Fsp3) is 0.133. The third kappa shape index (κ3) is 3.67. The number of anilines is 1. The number of alkyl halides is 3. The van der Waals surface area contributed by atoms with Gasteiger partial charge in [0.2, 0.25) is 0 Å². The maximum absolute atomic E-state index is 13.0. The molecule has 0 aliphatic carbocycles. The van der Waals surface area contributed by atoms with Crippen LogP contribution < -0.4 is 4.72 Å². The second-order valence-electron chi connectivity index (χ2n) is 5.38. The summed E-state index contributed by atoms with van der Waals surface area (Å²) in [6.45, 7) is 1.30. The molecular weight excluding hydrogens is 371 g/mol. The third-order valence-corrected chi connectivity index (χ3v) is 4.92. The van der Waals surface area contributed by atoms with Crippen molar-refractivity contribution in [1.82, 2.24) is 20.2 Å². The van der Waals surface area contributed by atoms with Gasteiger partial charge >= 0.3 is 6.18 Å². The van der Waals surface area contributed by atoms with Gasteiger partial charge in [-0.25, -0.2) is 13.1 Å². The lowest BCUT2D eigenvalue weighted by Crippen LogP contribution is -2.15. The molecule has 0 radical (unpaired) electrons. The van der Waals surface area contributed by atoms with Crippen molar-refractivity contribution in [1.29, 1.82) is 0 Å². The minimum absolute atomic E-state index is 0.00104. The topological polar surface area (TPSA) is 89.8 Å². The van der Waals surface area contributed by atoms with Crippen molar-refractivity contribution in [2.45, 2.75) is 18.0 Å². The van der Waals surface area contributed by atoms with Gasteiger partial charge in [0, 0.05) is 5.69 Å². The van der Waals surface area contributed by atoms with E-state index in [4.69, 9.17) is 0 Å². The molecule has 1 heterocycles. The van der Waals surface area contributed by atoms with Crippen LogP contribution in [0.2, 0.25) is 0 Å². The predicted molar refractivity (Wildman–Crippen MR) is 86.1 cm³/mol. The summed E-state index contributed by atoms with van der Waals surface area (Å²) >= 11 is 0. The van der Waals surface area contributed by atoms with E-state index in [0.717, 1.165) is 6.07 Å². The van der Waals surface area contributed by atoms with Crippen LogP contribution in [0.3, 0.4) is 0 Å². The highest BCUT2D eigenvalue weighted by atomic mass is 32.2. The summed E-state index contributed by atoms with van der Waals surface area (Å²) in [7, 11) is -4.10. The molecule has 0 atom stereocenters. The van der Waals surface area contributed by atoms with Gasteiger partial charge in [-0.05, 0) is 53.2 Å². The lowest BCUT2D eigenvalue weighted by molar-refractivity contribution is -0.138. The number of rotatable bonds is 4. The van der Waals surface area contributed by atoms with Crippen molar-refractivity contribution in [3.63, 3.8) is 0 Å². The molecule has 0 unspecified atom stereocenters. The monoisotopic (exact) mass is 383 g/mol. The molecule has 0 aliphatic heterocycles. The number of aryl methyl sites for hydroxylation is 1. The van der Waals surface area contributed by atoms with E-state index >= 15 is 0 Å². The first-order valence-corrected chi connectivity index (χ1v) is 8.69. The average Bonchev–Trinajstić information content (AvgIpc) is 3.10. The van der Waals surface area contributed by atoms with E-state index in [9.17, 15) is 21.6 Å². The molecule has 7 nitrogen and oxygen atoms in total.